The van der Waals surface area contributed by atoms with Crippen LogP contribution in [0.25, 0.3) is 22.3 Å². The molecule has 0 saturated carbocycles. The van der Waals surface area contributed by atoms with Gasteiger partial charge >= 0.3 is 6.09 Å². The van der Waals surface area contributed by atoms with Gasteiger partial charge in [0, 0.05) is 29.6 Å². The third kappa shape index (κ3) is 3.07. The van der Waals surface area contributed by atoms with Gasteiger partial charge in [0.15, 0.2) is 5.58 Å². The summed E-state index contributed by atoms with van der Waals surface area (Å²) in [6, 6.07) is 7.93. The number of benzene rings is 1. The highest BCUT2D eigenvalue weighted by Gasteiger charge is 2.23. The van der Waals surface area contributed by atoms with E-state index in [2.05, 4.69) is 17.3 Å². The van der Waals surface area contributed by atoms with Crippen molar-refractivity contribution in [1.29, 1.82) is 0 Å². The van der Waals surface area contributed by atoms with Gasteiger partial charge in [0.1, 0.15) is 5.76 Å². The Bertz CT molecular complexity index is 905. The summed E-state index contributed by atoms with van der Waals surface area (Å²) in [6.45, 7) is 3.28. The maximum Gasteiger partial charge on any atom is 0.407 e. The SMILES string of the molecule is Cc1c(-c2ccco2)ccc2c(CCC3CCN(C(=O)O)CC3)noc12. The smallest absolute Gasteiger partial charge is 0.407 e. The molecule has 1 N–H and O–H groups in total. The van der Waals surface area contributed by atoms with E-state index >= 15 is 0 Å². The zero-order valence-corrected chi connectivity index (χ0v) is 14.8. The van der Waals surface area contributed by atoms with Crippen molar-refractivity contribution >= 4 is 17.1 Å². The molecule has 1 aliphatic rings. The molecule has 0 radical (unpaired) electrons. The zero-order valence-electron chi connectivity index (χ0n) is 14.8. The number of aromatic nitrogens is 1. The van der Waals surface area contributed by atoms with Gasteiger partial charge in [-0.2, -0.15) is 0 Å². The molecule has 26 heavy (non-hydrogen) atoms. The number of carboxylic acid groups (broad SMARTS) is 1. The monoisotopic (exact) mass is 354 g/mol. The van der Waals surface area contributed by atoms with Crippen LogP contribution >= 0.6 is 0 Å². The molecule has 3 aromatic rings. The third-order valence-electron chi connectivity index (χ3n) is 5.42. The fourth-order valence-electron chi connectivity index (χ4n) is 3.82. The fourth-order valence-corrected chi connectivity index (χ4v) is 3.82. The van der Waals surface area contributed by atoms with Crippen LogP contribution in [0.4, 0.5) is 4.79 Å². The quantitative estimate of drug-likeness (QED) is 0.733. The molecule has 3 heterocycles. The number of rotatable bonds is 4. The van der Waals surface area contributed by atoms with E-state index in [1.807, 2.05) is 19.1 Å². The van der Waals surface area contributed by atoms with Gasteiger partial charge < -0.3 is 18.9 Å². The van der Waals surface area contributed by atoms with Crippen molar-refractivity contribution in [2.24, 2.45) is 5.92 Å². The van der Waals surface area contributed by atoms with Gasteiger partial charge in [-0.1, -0.05) is 11.2 Å². The lowest BCUT2D eigenvalue weighted by atomic mass is 9.91. The summed E-state index contributed by atoms with van der Waals surface area (Å²) >= 11 is 0. The Kier molecular flexibility index (Phi) is 4.41. The molecule has 1 aliphatic heterocycles. The number of nitrogens with zero attached hydrogens (tertiary/aromatic N) is 2. The highest BCUT2D eigenvalue weighted by Crippen LogP contribution is 2.32. The van der Waals surface area contributed by atoms with Gasteiger partial charge in [-0.25, -0.2) is 4.79 Å². The topological polar surface area (TPSA) is 79.7 Å². The largest absolute Gasteiger partial charge is 0.465 e. The van der Waals surface area contributed by atoms with E-state index in [-0.39, 0.29) is 0 Å². The van der Waals surface area contributed by atoms with Crippen LogP contribution in [0.15, 0.2) is 39.5 Å². The summed E-state index contributed by atoms with van der Waals surface area (Å²) in [5.74, 6) is 1.37. The van der Waals surface area contributed by atoms with Crippen molar-refractivity contribution in [2.45, 2.75) is 32.6 Å². The minimum absolute atomic E-state index is 0.542. The molecule has 136 valence electrons. The highest BCUT2D eigenvalue weighted by molar-refractivity contribution is 5.88. The van der Waals surface area contributed by atoms with Crippen LogP contribution in [-0.4, -0.2) is 34.3 Å². The molecule has 1 saturated heterocycles. The predicted octanol–water partition coefficient (Wildman–Crippen LogP) is 4.72. The maximum atomic E-state index is 11.0. The van der Waals surface area contributed by atoms with Crippen LogP contribution in [0.1, 0.15) is 30.5 Å². The van der Waals surface area contributed by atoms with Gasteiger partial charge in [0.25, 0.3) is 0 Å². The number of hydrogen-bond donors (Lipinski definition) is 1. The highest BCUT2D eigenvalue weighted by atomic mass is 16.5. The van der Waals surface area contributed by atoms with Crippen molar-refractivity contribution in [3.63, 3.8) is 0 Å². The Balaban J connectivity index is 1.47. The average molecular weight is 354 g/mol. The zero-order chi connectivity index (χ0) is 18.1. The number of piperidine rings is 1. The lowest BCUT2D eigenvalue weighted by molar-refractivity contribution is 0.123. The molecule has 6 nitrogen and oxygen atoms in total. The summed E-state index contributed by atoms with van der Waals surface area (Å²) in [4.78, 5) is 12.5. The third-order valence-corrected chi connectivity index (χ3v) is 5.42. The molecule has 1 aromatic carbocycles. The number of furan rings is 1. The van der Waals surface area contributed by atoms with Crippen LogP contribution < -0.4 is 0 Å². The van der Waals surface area contributed by atoms with Crippen molar-refractivity contribution in [3.8, 4) is 11.3 Å². The maximum absolute atomic E-state index is 11.0. The van der Waals surface area contributed by atoms with E-state index in [4.69, 9.17) is 14.0 Å². The number of hydrogen-bond acceptors (Lipinski definition) is 4. The van der Waals surface area contributed by atoms with Gasteiger partial charge in [0.05, 0.1) is 12.0 Å². The van der Waals surface area contributed by atoms with Gasteiger partial charge in [0.2, 0.25) is 0 Å². The Labute approximate surface area is 151 Å². The molecular formula is C20H22N2O4. The second-order valence-corrected chi connectivity index (χ2v) is 6.97. The van der Waals surface area contributed by atoms with Crippen LogP contribution in [0.3, 0.4) is 0 Å². The van der Waals surface area contributed by atoms with Crippen molar-refractivity contribution in [3.05, 3.63) is 41.8 Å². The summed E-state index contributed by atoms with van der Waals surface area (Å²) in [6.07, 6.45) is 4.56. The van der Waals surface area contributed by atoms with Crippen molar-refractivity contribution in [2.75, 3.05) is 13.1 Å². The number of fused-ring (bicyclic) bond motifs is 1. The summed E-state index contributed by atoms with van der Waals surface area (Å²) < 4.78 is 11.1. The van der Waals surface area contributed by atoms with Crippen LogP contribution in [-0.2, 0) is 6.42 Å². The summed E-state index contributed by atoms with van der Waals surface area (Å²) in [5.41, 5.74) is 3.85. The van der Waals surface area contributed by atoms with Gasteiger partial charge in [-0.3, -0.25) is 0 Å². The molecule has 1 amide bonds. The molecule has 0 spiro atoms. The number of carbonyl (C=O) groups is 1. The Hall–Kier alpha value is -2.76. The minimum Gasteiger partial charge on any atom is -0.465 e. The Morgan fingerprint density at radius 3 is 2.81 bits per heavy atom. The van der Waals surface area contributed by atoms with Crippen molar-refractivity contribution in [1.82, 2.24) is 10.1 Å². The van der Waals surface area contributed by atoms with E-state index < -0.39 is 6.09 Å². The summed E-state index contributed by atoms with van der Waals surface area (Å²) in [7, 11) is 0. The first-order valence-electron chi connectivity index (χ1n) is 9.03. The van der Waals surface area contributed by atoms with E-state index in [0.717, 1.165) is 59.2 Å². The molecule has 4 rings (SSSR count). The first-order valence-corrected chi connectivity index (χ1v) is 9.03. The fraction of sp³-hybridized carbons (Fsp3) is 0.400. The Morgan fingerprint density at radius 2 is 2.12 bits per heavy atom. The van der Waals surface area contributed by atoms with Gasteiger partial charge in [-0.05, 0) is 56.7 Å². The molecule has 0 aliphatic carbocycles. The van der Waals surface area contributed by atoms with Crippen molar-refractivity contribution < 1.29 is 18.8 Å². The summed E-state index contributed by atoms with van der Waals surface area (Å²) in [5, 5.41) is 14.4. The lowest BCUT2D eigenvalue weighted by Gasteiger charge is -2.29. The predicted molar refractivity (Wildman–Crippen MR) is 97.1 cm³/mol. The first kappa shape index (κ1) is 16.7. The number of amides is 1. The average Bonchev–Trinajstić information content (AvgIpc) is 3.31. The molecule has 2 aromatic heterocycles. The lowest BCUT2D eigenvalue weighted by Crippen LogP contribution is -2.37. The van der Waals surface area contributed by atoms with E-state index in [1.54, 1.807) is 6.26 Å². The first-order chi connectivity index (χ1) is 12.6. The minimum atomic E-state index is -0.811. The standard InChI is InChI=1S/C20H22N2O4/c1-13-15(18-3-2-12-25-18)5-6-16-17(21-26-19(13)16)7-4-14-8-10-22(11-9-14)20(23)24/h2-3,5-6,12,14H,4,7-11H2,1H3,(H,23,24). The molecule has 0 unspecified atom stereocenters. The van der Waals surface area contributed by atoms with E-state index in [0.29, 0.717) is 19.0 Å². The normalized spacial score (nSPS) is 15.7. The second kappa shape index (κ2) is 6.86. The Morgan fingerprint density at radius 1 is 1.31 bits per heavy atom. The second-order valence-electron chi connectivity index (χ2n) is 6.97. The number of aryl methyl sites for hydroxylation is 2. The number of likely N-dealkylation sites (tertiary alicyclic amines) is 1. The molecule has 6 heteroatoms. The van der Waals surface area contributed by atoms with E-state index in [1.165, 1.54) is 4.90 Å². The van der Waals surface area contributed by atoms with Crippen LogP contribution in [0.2, 0.25) is 0 Å². The van der Waals surface area contributed by atoms with Gasteiger partial charge in [-0.15, -0.1) is 0 Å². The van der Waals surface area contributed by atoms with Crippen LogP contribution in [0, 0.1) is 12.8 Å². The molecular weight excluding hydrogens is 332 g/mol. The van der Waals surface area contributed by atoms with Crippen LogP contribution in [0.5, 0.6) is 0 Å². The molecule has 1 fully saturated rings. The molecule has 0 atom stereocenters. The molecule has 0 bridgehead atoms. The van der Waals surface area contributed by atoms with E-state index in [9.17, 15) is 4.79 Å².